The third-order valence-electron chi connectivity index (χ3n) is 4.60. The minimum absolute atomic E-state index is 0.126. The Morgan fingerprint density at radius 1 is 1.13 bits per heavy atom. The van der Waals surface area contributed by atoms with E-state index in [0.29, 0.717) is 32.7 Å². The van der Waals surface area contributed by atoms with E-state index in [0.717, 1.165) is 18.4 Å². The van der Waals surface area contributed by atoms with Crippen molar-refractivity contribution in [3.63, 3.8) is 0 Å². The van der Waals surface area contributed by atoms with Crippen LogP contribution in [0.1, 0.15) is 23.1 Å². The molecule has 0 saturated carbocycles. The van der Waals surface area contributed by atoms with Crippen LogP contribution in [0, 0.1) is 0 Å². The molecule has 2 amide bonds. The van der Waals surface area contributed by atoms with Crippen LogP contribution in [0.4, 0.5) is 4.79 Å². The lowest BCUT2D eigenvalue weighted by molar-refractivity contribution is 0.172. The van der Waals surface area contributed by atoms with E-state index in [1.165, 1.54) is 28.1 Å². The number of carbonyl (C=O) groups is 1. The molecule has 1 aliphatic carbocycles. The van der Waals surface area contributed by atoms with E-state index in [4.69, 9.17) is 0 Å². The molecular weight excluding hydrogens is 314 g/mol. The van der Waals surface area contributed by atoms with Crippen molar-refractivity contribution in [2.45, 2.75) is 25.8 Å². The Balaban J connectivity index is 1.50. The topological polar surface area (TPSA) is 69.7 Å². The van der Waals surface area contributed by atoms with Crippen LogP contribution in [0.2, 0.25) is 0 Å². The van der Waals surface area contributed by atoms with Crippen LogP contribution < -0.4 is 5.32 Å². The molecule has 1 N–H and O–H groups in total. The summed E-state index contributed by atoms with van der Waals surface area (Å²) in [6.07, 6.45) is 4.71. The fraction of sp³-hybridized carbons (Fsp3) is 0.562. The van der Waals surface area contributed by atoms with Crippen molar-refractivity contribution in [2.24, 2.45) is 0 Å². The Kier molecular flexibility index (Phi) is 4.59. The molecule has 1 fully saturated rings. The first kappa shape index (κ1) is 16.3. The lowest BCUT2D eigenvalue weighted by atomic mass is 10.1. The average molecular weight is 337 g/mol. The van der Waals surface area contributed by atoms with Crippen molar-refractivity contribution in [2.75, 3.05) is 32.4 Å². The summed E-state index contributed by atoms with van der Waals surface area (Å²) < 4.78 is 24.4. The van der Waals surface area contributed by atoms with Gasteiger partial charge in [0.15, 0.2) is 0 Å². The number of nitrogens with zero attached hydrogens (tertiary/aromatic N) is 2. The highest BCUT2D eigenvalue weighted by Gasteiger charge is 2.25. The van der Waals surface area contributed by atoms with Gasteiger partial charge in [-0.3, -0.25) is 0 Å². The number of sulfonamides is 1. The molecule has 7 heteroatoms. The van der Waals surface area contributed by atoms with Crippen LogP contribution >= 0.6 is 0 Å². The highest BCUT2D eigenvalue weighted by Crippen LogP contribution is 2.22. The van der Waals surface area contributed by atoms with Gasteiger partial charge >= 0.3 is 6.03 Å². The van der Waals surface area contributed by atoms with Crippen molar-refractivity contribution in [3.05, 3.63) is 34.9 Å². The zero-order valence-corrected chi connectivity index (χ0v) is 14.2. The molecule has 126 valence electrons. The van der Waals surface area contributed by atoms with Crippen LogP contribution in [-0.2, 0) is 29.4 Å². The van der Waals surface area contributed by atoms with E-state index in [9.17, 15) is 13.2 Å². The third kappa shape index (κ3) is 3.84. The first-order valence-corrected chi connectivity index (χ1v) is 9.87. The van der Waals surface area contributed by atoms with Crippen molar-refractivity contribution < 1.29 is 13.2 Å². The summed E-state index contributed by atoms with van der Waals surface area (Å²) in [6.45, 7) is 2.11. The molecule has 1 aliphatic heterocycles. The Labute approximate surface area is 137 Å². The Morgan fingerprint density at radius 2 is 1.83 bits per heavy atom. The van der Waals surface area contributed by atoms with Crippen LogP contribution in [-0.4, -0.2) is 56.1 Å². The Bertz CT molecular complexity index is 695. The number of piperazine rings is 1. The van der Waals surface area contributed by atoms with E-state index in [1.807, 2.05) is 0 Å². The molecule has 6 nitrogen and oxygen atoms in total. The maximum absolute atomic E-state index is 12.2. The SMILES string of the molecule is CS(=O)(=O)N1CCN(C(=O)NCc2ccc3c(c2)CCC3)CC1. The Hall–Kier alpha value is -1.60. The van der Waals surface area contributed by atoms with Gasteiger partial charge < -0.3 is 10.2 Å². The van der Waals surface area contributed by atoms with Gasteiger partial charge in [-0.1, -0.05) is 18.2 Å². The van der Waals surface area contributed by atoms with E-state index < -0.39 is 10.0 Å². The van der Waals surface area contributed by atoms with Crippen LogP contribution in [0.25, 0.3) is 0 Å². The second kappa shape index (κ2) is 6.49. The standard InChI is InChI=1S/C16H23N3O3S/c1-23(21,22)19-9-7-18(8-10-19)16(20)17-12-13-5-6-14-3-2-4-15(14)11-13/h5-6,11H,2-4,7-10,12H2,1H3,(H,17,20). The van der Waals surface area contributed by atoms with Gasteiger partial charge in [-0.25, -0.2) is 13.2 Å². The number of carbonyl (C=O) groups excluding carboxylic acids is 1. The maximum atomic E-state index is 12.2. The van der Waals surface area contributed by atoms with E-state index in [2.05, 4.69) is 23.5 Å². The average Bonchev–Trinajstić information content (AvgIpc) is 2.99. The van der Waals surface area contributed by atoms with Gasteiger partial charge in [0, 0.05) is 32.7 Å². The highest BCUT2D eigenvalue weighted by atomic mass is 32.2. The largest absolute Gasteiger partial charge is 0.334 e. The minimum Gasteiger partial charge on any atom is -0.334 e. The number of benzene rings is 1. The molecule has 1 aromatic carbocycles. The molecule has 0 spiro atoms. The van der Waals surface area contributed by atoms with Gasteiger partial charge in [-0.05, 0) is 36.0 Å². The molecule has 3 rings (SSSR count). The summed E-state index contributed by atoms with van der Waals surface area (Å²) in [7, 11) is -3.16. The number of amides is 2. The second-order valence-corrected chi connectivity index (χ2v) is 8.25. The number of aryl methyl sites for hydroxylation is 2. The molecule has 0 unspecified atom stereocenters. The number of fused-ring (bicyclic) bond motifs is 1. The van der Waals surface area contributed by atoms with Crippen molar-refractivity contribution in [3.8, 4) is 0 Å². The van der Waals surface area contributed by atoms with Gasteiger partial charge in [-0.15, -0.1) is 0 Å². The van der Waals surface area contributed by atoms with Gasteiger partial charge in [0.2, 0.25) is 10.0 Å². The van der Waals surface area contributed by atoms with E-state index >= 15 is 0 Å². The molecule has 0 aromatic heterocycles. The number of hydrogen-bond donors (Lipinski definition) is 1. The van der Waals surface area contributed by atoms with Crippen molar-refractivity contribution >= 4 is 16.1 Å². The summed E-state index contributed by atoms with van der Waals surface area (Å²) in [6, 6.07) is 6.30. The molecule has 1 aromatic rings. The van der Waals surface area contributed by atoms with Gasteiger partial charge in [-0.2, -0.15) is 4.31 Å². The first-order chi connectivity index (χ1) is 10.9. The lowest BCUT2D eigenvalue weighted by Gasteiger charge is -2.33. The van der Waals surface area contributed by atoms with Gasteiger partial charge in [0.05, 0.1) is 6.26 Å². The number of urea groups is 1. The first-order valence-electron chi connectivity index (χ1n) is 8.02. The highest BCUT2D eigenvalue weighted by molar-refractivity contribution is 7.88. The minimum atomic E-state index is -3.16. The number of rotatable bonds is 3. The quantitative estimate of drug-likeness (QED) is 0.893. The maximum Gasteiger partial charge on any atom is 0.317 e. The molecule has 23 heavy (non-hydrogen) atoms. The normalized spacial score (nSPS) is 18.7. The predicted molar refractivity (Wildman–Crippen MR) is 88.7 cm³/mol. The van der Waals surface area contributed by atoms with E-state index in [1.54, 1.807) is 4.90 Å². The fourth-order valence-corrected chi connectivity index (χ4v) is 4.07. The molecule has 2 aliphatic rings. The zero-order valence-electron chi connectivity index (χ0n) is 13.4. The van der Waals surface area contributed by atoms with Crippen molar-refractivity contribution in [1.82, 2.24) is 14.5 Å². The van der Waals surface area contributed by atoms with E-state index in [-0.39, 0.29) is 6.03 Å². The molecule has 0 bridgehead atoms. The smallest absolute Gasteiger partial charge is 0.317 e. The second-order valence-electron chi connectivity index (χ2n) is 6.26. The van der Waals surface area contributed by atoms with Crippen LogP contribution in [0.15, 0.2) is 18.2 Å². The van der Waals surface area contributed by atoms with Gasteiger partial charge in [0.1, 0.15) is 0 Å². The summed E-state index contributed by atoms with van der Waals surface area (Å²) in [5, 5.41) is 2.93. The van der Waals surface area contributed by atoms with Crippen LogP contribution in [0.5, 0.6) is 0 Å². The molecule has 1 heterocycles. The zero-order chi connectivity index (χ0) is 16.4. The summed E-state index contributed by atoms with van der Waals surface area (Å²) in [5.41, 5.74) is 3.95. The van der Waals surface area contributed by atoms with Gasteiger partial charge in [0.25, 0.3) is 0 Å². The molecule has 0 atom stereocenters. The number of nitrogens with one attached hydrogen (secondary N) is 1. The summed E-state index contributed by atoms with van der Waals surface area (Å²) in [5.74, 6) is 0. The summed E-state index contributed by atoms with van der Waals surface area (Å²) in [4.78, 5) is 13.9. The van der Waals surface area contributed by atoms with Crippen molar-refractivity contribution in [1.29, 1.82) is 0 Å². The number of hydrogen-bond acceptors (Lipinski definition) is 3. The predicted octanol–water partition coefficient (Wildman–Crippen LogP) is 0.962. The van der Waals surface area contributed by atoms with Crippen LogP contribution in [0.3, 0.4) is 0 Å². The monoisotopic (exact) mass is 337 g/mol. The molecular formula is C16H23N3O3S. The molecule has 1 saturated heterocycles. The summed E-state index contributed by atoms with van der Waals surface area (Å²) >= 11 is 0. The third-order valence-corrected chi connectivity index (χ3v) is 5.90. The fourth-order valence-electron chi connectivity index (χ4n) is 3.25. The Morgan fingerprint density at radius 3 is 2.52 bits per heavy atom. The molecule has 0 radical (unpaired) electrons. The lowest BCUT2D eigenvalue weighted by Crippen LogP contribution is -2.52.